The Bertz CT molecular complexity index is 3150. The van der Waals surface area contributed by atoms with Gasteiger partial charge in [0.25, 0.3) is 5.92 Å². The normalized spacial score (nSPS) is 17.9. The lowest BCUT2D eigenvalue weighted by molar-refractivity contribution is -0.169. The fraction of sp³-hybridized carbons (Fsp3) is 0.485. The molecule has 3 aliphatic rings. The molecule has 8 rings (SSSR count). The van der Waals surface area contributed by atoms with Crippen molar-refractivity contribution in [3.8, 4) is 17.2 Å². The quantitative estimate of drug-likeness (QED) is 0.0267. The number of esters is 5. The highest BCUT2D eigenvalue weighted by Gasteiger charge is 2.65. The van der Waals surface area contributed by atoms with Crippen LogP contribution in [0.2, 0.25) is 0 Å². The van der Waals surface area contributed by atoms with Crippen LogP contribution in [-0.2, 0) is 69.5 Å². The van der Waals surface area contributed by atoms with Gasteiger partial charge >= 0.3 is 29.8 Å². The van der Waals surface area contributed by atoms with Crippen LogP contribution in [0.5, 0.6) is 17.2 Å². The first-order chi connectivity index (χ1) is 40.9. The van der Waals surface area contributed by atoms with E-state index in [1.807, 2.05) is 121 Å². The summed E-state index contributed by atoms with van der Waals surface area (Å²) in [5, 5.41) is 9.06. The number of ether oxygens (including phenoxy) is 6. The molecule has 0 radical (unpaired) electrons. The molecule has 0 saturated carbocycles. The van der Waals surface area contributed by atoms with E-state index in [-0.39, 0.29) is 70.4 Å². The van der Waals surface area contributed by atoms with E-state index in [1.165, 1.54) is 39.0 Å². The van der Waals surface area contributed by atoms with Gasteiger partial charge in [0.05, 0.1) is 44.6 Å². The van der Waals surface area contributed by atoms with E-state index >= 15 is 0 Å². The third-order valence-electron chi connectivity index (χ3n) is 15.8. The molecule has 1 N–H and O–H groups in total. The van der Waals surface area contributed by atoms with E-state index in [4.69, 9.17) is 33.5 Å². The predicted octanol–water partition coefficient (Wildman–Crippen LogP) is 14.5. The summed E-state index contributed by atoms with van der Waals surface area (Å²) >= 11 is 0. The minimum Gasteiger partial charge on any atom is -0.748 e. The van der Waals surface area contributed by atoms with Crippen LogP contribution in [0.4, 0.5) is 13.2 Å². The Kier molecular flexibility index (Phi) is 26.1. The van der Waals surface area contributed by atoms with Gasteiger partial charge in [-0.1, -0.05) is 83.1 Å². The van der Waals surface area contributed by atoms with E-state index in [1.54, 1.807) is 24.3 Å². The number of fused-ring (bicyclic) bond motifs is 1. The first kappa shape index (κ1) is 73.7. The third-order valence-corrected chi connectivity index (χ3v) is 18.8. The predicted molar refractivity (Wildman–Crippen MR) is 329 cm³/mol. The van der Waals surface area contributed by atoms with Crippen molar-refractivity contribution >= 4 is 50.9 Å². The molecule has 20 heteroatoms. The van der Waals surface area contributed by atoms with Crippen molar-refractivity contribution in [2.75, 3.05) is 5.75 Å². The lowest BCUT2D eigenvalue weighted by atomic mass is 9.87. The standard InChI is InChI=1S/C24H25O2S.C15H21FO2.C13H18O5.C12H16O3.C4H8F2O3S/c1-4-24(2,3)23(25)26-19-15-17-22(18-16-19)27(20-11-7-5-8-12-20)21-13-9-6-10-14-21;1-6-14(2,3)13(17)18-15(4,5)11-7-9-12(16)10-8-11;1-4-13(2,3)12(15)18-9-7-5-6-8(16-7)10(9)17-11(6)14;1-4-12(2,3)11(14)15-10-7-5-9(13)6-8-10;1-2-4(5,6)3-10(7,8)9/h5-18H,4H2,1-3H3;7-10H,6H2,1-5H3;6-10H,4-5H2,1-3H3;5-8,13H,4H2,1-3H3;2-3H2,1H3,(H,7,8,9)/q+1;;;;/p-1. The summed E-state index contributed by atoms with van der Waals surface area (Å²) < 4.78 is 99.1. The highest BCUT2D eigenvalue weighted by Crippen LogP contribution is 2.48. The molecule has 3 aliphatic heterocycles. The highest BCUT2D eigenvalue weighted by molar-refractivity contribution is 7.97. The molecule has 0 aliphatic carbocycles. The zero-order valence-corrected chi connectivity index (χ0v) is 54.8. The number of benzene rings is 5. The zero-order chi connectivity index (χ0) is 66.2. The number of rotatable bonds is 19. The molecule has 482 valence electrons. The van der Waals surface area contributed by atoms with Crippen molar-refractivity contribution in [3.05, 3.63) is 145 Å². The van der Waals surface area contributed by atoms with E-state index < -0.39 is 67.7 Å². The zero-order valence-electron chi connectivity index (χ0n) is 53.2. The fourth-order valence-corrected chi connectivity index (χ4v) is 10.9. The molecule has 88 heavy (non-hydrogen) atoms. The Morgan fingerprint density at radius 1 is 0.580 bits per heavy atom. The van der Waals surface area contributed by atoms with E-state index in [9.17, 15) is 50.1 Å². The van der Waals surface area contributed by atoms with Gasteiger partial charge in [0.2, 0.25) is 0 Å². The van der Waals surface area contributed by atoms with Gasteiger partial charge in [-0.05, 0) is 192 Å². The molecule has 5 aromatic carbocycles. The fourth-order valence-electron chi connectivity index (χ4n) is 8.05. The molecule has 3 saturated heterocycles. The van der Waals surface area contributed by atoms with Gasteiger partial charge in [0, 0.05) is 6.42 Å². The molecule has 2 bridgehead atoms. The summed E-state index contributed by atoms with van der Waals surface area (Å²) in [4.78, 5) is 63.4. The average molecular weight is 1270 g/mol. The second kappa shape index (κ2) is 31.1. The summed E-state index contributed by atoms with van der Waals surface area (Å²) in [5.74, 6) is -5.34. The van der Waals surface area contributed by atoms with Gasteiger partial charge in [0.1, 0.15) is 50.6 Å². The Labute approximate surface area is 520 Å². The van der Waals surface area contributed by atoms with Crippen molar-refractivity contribution in [2.24, 2.45) is 27.6 Å². The molecule has 15 nitrogen and oxygen atoms in total. The van der Waals surface area contributed by atoms with Gasteiger partial charge in [-0.15, -0.1) is 0 Å². The lowest BCUT2D eigenvalue weighted by Gasteiger charge is -2.30. The van der Waals surface area contributed by atoms with Gasteiger partial charge in [0.15, 0.2) is 26.9 Å². The number of carbonyl (C=O) groups excluding carboxylic acids is 5. The largest absolute Gasteiger partial charge is 0.748 e. The number of halogens is 3. The Balaban J connectivity index is 0.000000244. The van der Waals surface area contributed by atoms with Crippen LogP contribution in [0.3, 0.4) is 0 Å². The first-order valence-electron chi connectivity index (χ1n) is 29.4. The topological polar surface area (TPSA) is 218 Å². The number of hydrogen-bond donors (Lipinski definition) is 1. The van der Waals surface area contributed by atoms with Crippen LogP contribution < -0.4 is 9.47 Å². The highest BCUT2D eigenvalue weighted by atomic mass is 32.2. The van der Waals surface area contributed by atoms with Crippen molar-refractivity contribution in [2.45, 2.75) is 193 Å². The van der Waals surface area contributed by atoms with Crippen molar-refractivity contribution < 1.29 is 83.6 Å². The summed E-state index contributed by atoms with van der Waals surface area (Å²) in [6.07, 6.45) is 1.69. The maximum Gasteiger partial charge on any atom is 0.316 e. The lowest BCUT2D eigenvalue weighted by Crippen LogP contribution is -2.42. The number of hydrogen-bond acceptors (Lipinski definition) is 15. The van der Waals surface area contributed by atoms with Gasteiger partial charge < -0.3 is 38.1 Å². The average Bonchev–Trinajstić information content (AvgIpc) is 2.48. The third kappa shape index (κ3) is 21.2. The van der Waals surface area contributed by atoms with Gasteiger partial charge in [-0.3, -0.25) is 24.0 Å². The van der Waals surface area contributed by atoms with Gasteiger partial charge in [-0.2, -0.15) is 0 Å². The second-order valence-electron chi connectivity index (χ2n) is 24.7. The Morgan fingerprint density at radius 2 is 0.989 bits per heavy atom. The Morgan fingerprint density at radius 3 is 1.40 bits per heavy atom. The molecular weight excluding hydrogens is 1180 g/mol. The van der Waals surface area contributed by atoms with Crippen LogP contribution in [0.15, 0.2) is 148 Å². The second-order valence-corrected chi connectivity index (χ2v) is 28.1. The summed E-state index contributed by atoms with van der Waals surface area (Å²) in [5.41, 5.74) is -1.93. The molecular formula is C68H87F3O15S2. The summed E-state index contributed by atoms with van der Waals surface area (Å²) in [6, 6.07) is 41.0. The molecule has 5 aromatic rings. The van der Waals surface area contributed by atoms with Crippen LogP contribution in [0, 0.1) is 33.4 Å². The molecule has 3 heterocycles. The minimum atomic E-state index is -4.79. The number of carbonyl (C=O) groups is 5. The molecule has 0 spiro atoms. The number of alkyl halides is 2. The minimum absolute atomic E-state index is 0.144. The first-order valence-corrected chi connectivity index (χ1v) is 32.2. The number of phenolic OH excluding ortho intramolecular Hbond substituents is 1. The monoisotopic (exact) mass is 1260 g/mol. The van der Waals surface area contributed by atoms with Crippen molar-refractivity contribution in [1.29, 1.82) is 0 Å². The van der Waals surface area contributed by atoms with Crippen LogP contribution in [-0.4, -0.2) is 84.0 Å². The maximum atomic E-state index is 12.9. The van der Waals surface area contributed by atoms with Crippen LogP contribution in [0.1, 0.15) is 148 Å². The van der Waals surface area contributed by atoms with Crippen LogP contribution >= 0.6 is 0 Å². The number of phenols is 1. The summed E-state index contributed by atoms with van der Waals surface area (Å²) in [7, 11) is -4.99. The van der Waals surface area contributed by atoms with E-state index in [2.05, 4.69) is 60.7 Å². The van der Waals surface area contributed by atoms with E-state index in [0.717, 1.165) is 25.3 Å². The smallest absolute Gasteiger partial charge is 0.316 e. The van der Waals surface area contributed by atoms with E-state index in [0.29, 0.717) is 30.8 Å². The molecule has 3 fully saturated rings. The van der Waals surface area contributed by atoms with Crippen molar-refractivity contribution in [1.82, 2.24) is 0 Å². The summed E-state index contributed by atoms with van der Waals surface area (Å²) in [6.45, 7) is 27.5. The molecule has 5 atom stereocenters. The number of aromatic hydroxyl groups is 1. The molecule has 0 aromatic heterocycles. The maximum absolute atomic E-state index is 12.9. The van der Waals surface area contributed by atoms with Crippen molar-refractivity contribution in [3.63, 3.8) is 0 Å². The molecule has 5 unspecified atom stereocenters. The van der Waals surface area contributed by atoms with Gasteiger partial charge in [-0.25, -0.2) is 21.6 Å². The molecule has 0 amide bonds. The SMILES string of the molecule is CCC(C)(C)C(=O)OC(C)(C)c1ccc(F)cc1.CCC(C)(C)C(=O)OC1C2CC3C(=O)OC1C3O2.CCC(C)(C)C(=O)Oc1ccc(O)cc1.CCC(C)(C)C(=O)Oc1ccc([S+](c2ccccc2)c2ccccc2)cc1.CCC(F)(F)CS(=O)(=O)[O-]. The van der Waals surface area contributed by atoms with Crippen LogP contribution in [0.25, 0.3) is 0 Å². The Hall–Kier alpha value is -6.74.